The molecule has 8 nitrogen and oxygen atoms in total. The standard InChI is InChI=1S/C23H28BrN5O3S/c1-6-14-11-12-17(16-10-8-7-9-15(14)16)28-21(24)26-27-22(28)33-23(4,5)20(32)29(25)18(13(2)3)19(30)31/h7-13,18H,6,25H2,1-5H3,(H,30,31). The predicted molar refractivity (Wildman–Crippen MR) is 133 cm³/mol. The molecule has 176 valence electrons. The van der Waals surface area contributed by atoms with Crippen LogP contribution in [0.4, 0.5) is 0 Å². The van der Waals surface area contributed by atoms with E-state index in [4.69, 9.17) is 5.84 Å². The number of halogens is 1. The van der Waals surface area contributed by atoms with E-state index in [0.717, 1.165) is 27.9 Å². The third-order valence-electron chi connectivity index (χ3n) is 5.49. The molecule has 0 saturated heterocycles. The van der Waals surface area contributed by atoms with E-state index >= 15 is 0 Å². The molecule has 0 aliphatic carbocycles. The molecular formula is C23H28BrN5O3S. The van der Waals surface area contributed by atoms with E-state index in [9.17, 15) is 14.7 Å². The highest BCUT2D eigenvalue weighted by atomic mass is 79.9. The molecule has 0 spiro atoms. The third-order valence-corrected chi connectivity index (χ3v) is 7.13. The van der Waals surface area contributed by atoms with E-state index in [1.807, 2.05) is 28.8 Å². The SMILES string of the molecule is CCc1ccc(-n2c(Br)nnc2SC(C)(C)C(=O)N(N)C(C(=O)O)C(C)C)c2ccccc12. The van der Waals surface area contributed by atoms with Gasteiger partial charge in [-0.15, -0.1) is 10.2 Å². The Kier molecular flexibility index (Phi) is 7.50. The number of aromatic nitrogens is 3. The number of carboxylic acid groups (broad SMARTS) is 1. The van der Waals surface area contributed by atoms with Crippen LogP contribution < -0.4 is 5.84 Å². The summed E-state index contributed by atoms with van der Waals surface area (Å²) in [7, 11) is 0. The molecule has 10 heteroatoms. The normalized spacial score (nSPS) is 12.8. The van der Waals surface area contributed by atoms with Crippen molar-refractivity contribution in [3.8, 4) is 5.69 Å². The van der Waals surface area contributed by atoms with E-state index in [2.05, 4.69) is 45.2 Å². The Morgan fingerprint density at radius 3 is 2.39 bits per heavy atom. The van der Waals surface area contributed by atoms with Gasteiger partial charge in [0.05, 0.1) is 10.4 Å². The Bertz CT molecular complexity index is 1190. The molecule has 1 heterocycles. The molecular weight excluding hydrogens is 506 g/mol. The van der Waals surface area contributed by atoms with Crippen LogP contribution in [-0.2, 0) is 16.0 Å². The summed E-state index contributed by atoms with van der Waals surface area (Å²) in [6.45, 7) is 8.94. The first-order valence-corrected chi connectivity index (χ1v) is 12.2. The summed E-state index contributed by atoms with van der Waals surface area (Å²) in [6.07, 6.45) is 0.903. The lowest BCUT2D eigenvalue weighted by Gasteiger charge is -2.33. The van der Waals surface area contributed by atoms with Crippen molar-refractivity contribution in [3.63, 3.8) is 0 Å². The molecule has 3 rings (SSSR count). The zero-order valence-corrected chi connectivity index (χ0v) is 21.6. The molecule has 0 bridgehead atoms. The van der Waals surface area contributed by atoms with Crippen molar-refractivity contribution in [1.82, 2.24) is 19.8 Å². The minimum absolute atomic E-state index is 0.349. The van der Waals surface area contributed by atoms with Crippen molar-refractivity contribution in [2.45, 2.75) is 57.0 Å². The molecule has 0 aliphatic heterocycles. The van der Waals surface area contributed by atoms with Gasteiger partial charge in [0.25, 0.3) is 5.91 Å². The summed E-state index contributed by atoms with van der Waals surface area (Å²) in [6, 6.07) is 11.1. The summed E-state index contributed by atoms with van der Waals surface area (Å²) in [4.78, 5) is 24.9. The quantitative estimate of drug-likeness (QED) is 0.190. The fourth-order valence-electron chi connectivity index (χ4n) is 3.80. The van der Waals surface area contributed by atoms with Gasteiger partial charge in [0.2, 0.25) is 4.73 Å². The molecule has 33 heavy (non-hydrogen) atoms. The summed E-state index contributed by atoms with van der Waals surface area (Å²) in [5, 5.41) is 21.5. The number of carbonyl (C=O) groups excluding carboxylic acids is 1. The third kappa shape index (κ3) is 4.92. The highest BCUT2D eigenvalue weighted by Crippen LogP contribution is 2.37. The number of amides is 1. The molecule has 3 N–H and O–H groups in total. The lowest BCUT2D eigenvalue weighted by Crippen LogP contribution is -2.57. The second kappa shape index (κ2) is 9.82. The summed E-state index contributed by atoms with van der Waals surface area (Å²) in [5.41, 5.74) is 2.11. The van der Waals surface area contributed by atoms with Gasteiger partial charge < -0.3 is 5.11 Å². The number of carbonyl (C=O) groups is 2. The van der Waals surface area contributed by atoms with Crippen LogP contribution in [0.2, 0.25) is 0 Å². The van der Waals surface area contributed by atoms with Gasteiger partial charge in [-0.25, -0.2) is 10.6 Å². The van der Waals surface area contributed by atoms with E-state index in [1.54, 1.807) is 27.7 Å². The topological polar surface area (TPSA) is 114 Å². The number of rotatable bonds is 8. The fraction of sp³-hybridized carbons (Fsp3) is 0.391. The van der Waals surface area contributed by atoms with Crippen molar-refractivity contribution >= 4 is 50.3 Å². The highest BCUT2D eigenvalue weighted by molar-refractivity contribution is 9.10. The summed E-state index contributed by atoms with van der Waals surface area (Å²) >= 11 is 4.67. The molecule has 2 aromatic carbocycles. The molecule has 0 aliphatic rings. The zero-order valence-electron chi connectivity index (χ0n) is 19.2. The van der Waals surface area contributed by atoms with Crippen molar-refractivity contribution in [1.29, 1.82) is 0 Å². The van der Waals surface area contributed by atoms with Gasteiger partial charge in [-0.2, -0.15) is 0 Å². The fourth-order valence-corrected chi connectivity index (χ4v) is 5.37. The van der Waals surface area contributed by atoms with E-state index < -0.39 is 22.7 Å². The van der Waals surface area contributed by atoms with E-state index in [1.165, 1.54) is 17.3 Å². The number of benzene rings is 2. The van der Waals surface area contributed by atoms with Gasteiger partial charge >= 0.3 is 5.97 Å². The maximum atomic E-state index is 13.2. The first-order chi connectivity index (χ1) is 15.5. The second-order valence-electron chi connectivity index (χ2n) is 8.58. The Labute approximate surface area is 205 Å². The molecule has 0 saturated carbocycles. The molecule has 0 fully saturated rings. The Morgan fingerprint density at radius 1 is 1.18 bits per heavy atom. The smallest absolute Gasteiger partial charge is 0.328 e. The number of hydrazine groups is 1. The van der Waals surface area contributed by atoms with Crippen LogP contribution in [0.5, 0.6) is 0 Å². The maximum absolute atomic E-state index is 13.2. The Morgan fingerprint density at radius 2 is 1.82 bits per heavy atom. The lowest BCUT2D eigenvalue weighted by molar-refractivity contribution is -0.153. The average molecular weight is 534 g/mol. The van der Waals surface area contributed by atoms with Crippen molar-refractivity contribution < 1.29 is 14.7 Å². The number of carboxylic acids is 1. The molecule has 1 unspecified atom stereocenters. The van der Waals surface area contributed by atoms with Gasteiger partial charge in [0.15, 0.2) is 5.16 Å². The number of aliphatic carboxylic acids is 1. The van der Waals surface area contributed by atoms with Crippen LogP contribution in [-0.4, -0.2) is 47.5 Å². The number of nitrogens with zero attached hydrogens (tertiary/aromatic N) is 4. The van der Waals surface area contributed by atoms with Gasteiger partial charge in [0.1, 0.15) is 6.04 Å². The first-order valence-electron chi connectivity index (χ1n) is 10.6. The molecule has 3 aromatic rings. The van der Waals surface area contributed by atoms with Crippen molar-refractivity contribution in [2.24, 2.45) is 11.8 Å². The molecule has 1 atom stereocenters. The van der Waals surface area contributed by atoms with Crippen LogP contribution in [0.25, 0.3) is 16.5 Å². The minimum Gasteiger partial charge on any atom is -0.480 e. The zero-order chi connectivity index (χ0) is 24.5. The van der Waals surface area contributed by atoms with Gasteiger partial charge in [-0.3, -0.25) is 14.4 Å². The summed E-state index contributed by atoms with van der Waals surface area (Å²) < 4.78 is 1.25. The number of fused-ring (bicyclic) bond motifs is 1. The van der Waals surface area contributed by atoms with Gasteiger partial charge in [-0.1, -0.05) is 62.9 Å². The lowest BCUT2D eigenvalue weighted by atomic mass is 10.0. The maximum Gasteiger partial charge on any atom is 0.328 e. The molecule has 1 amide bonds. The first kappa shape index (κ1) is 25.2. The van der Waals surface area contributed by atoms with Crippen molar-refractivity contribution in [2.75, 3.05) is 0 Å². The highest BCUT2D eigenvalue weighted by Gasteiger charge is 2.40. The van der Waals surface area contributed by atoms with Crippen LogP contribution in [0.3, 0.4) is 0 Å². The number of aryl methyl sites for hydroxylation is 1. The monoisotopic (exact) mass is 533 g/mol. The van der Waals surface area contributed by atoms with Crippen LogP contribution >= 0.6 is 27.7 Å². The van der Waals surface area contributed by atoms with Crippen LogP contribution in [0.15, 0.2) is 46.3 Å². The van der Waals surface area contributed by atoms with E-state index in [-0.39, 0.29) is 5.92 Å². The Hall–Kier alpha value is -2.43. The minimum atomic E-state index is -1.14. The second-order valence-corrected chi connectivity index (χ2v) is 10.9. The average Bonchev–Trinajstić information content (AvgIpc) is 3.10. The predicted octanol–water partition coefficient (Wildman–Crippen LogP) is 4.43. The number of thioether (sulfide) groups is 1. The number of hydrogen-bond donors (Lipinski definition) is 2. The van der Waals surface area contributed by atoms with Gasteiger partial charge in [-0.05, 0) is 59.1 Å². The Balaban J connectivity index is 2.02. The summed E-state index contributed by atoms with van der Waals surface area (Å²) in [5.74, 6) is 4.00. The number of nitrogens with two attached hydrogens (primary N) is 1. The van der Waals surface area contributed by atoms with E-state index in [0.29, 0.717) is 9.89 Å². The van der Waals surface area contributed by atoms with Crippen LogP contribution in [0, 0.1) is 5.92 Å². The van der Waals surface area contributed by atoms with Gasteiger partial charge in [0, 0.05) is 5.39 Å². The molecule has 1 aromatic heterocycles. The van der Waals surface area contributed by atoms with Crippen molar-refractivity contribution in [3.05, 3.63) is 46.7 Å². The number of hydrogen-bond acceptors (Lipinski definition) is 6. The largest absolute Gasteiger partial charge is 0.480 e. The molecule has 0 radical (unpaired) electrons. The van der Waals surface area contributed by atoms with Crippen LogP contribution in [0.1, 0.15) is 40.2 Å².